The van der Waals surface area contributed by atoms with E-state index in [1.165, 1.54) is 5.56 Å². The van der Waals surface area contributed by atoms with Gasteiger partial charge in [-0.1, -0.05) is 41.9 Å². The van der Waals surface area contributed by atoms with E-state index >= 15 is 0 Å². The quantitative estimate of drug-likeness (QED) is 0.323. The van der Waals surface area contributed by atoms with Crippen LogP contribution < -0.4 is 11.1 Å². The number of aliphatic imine (C=N–C) groups is 1. The average Bonchev–Trinajstić information content (AvgIpc) is 2.72. The van der Waals surface area contributed by atoms with Gasteiger partial charge in [0.15, 0.2) is 5.96 Å². The van der Waals surface area contributed by atoms with E-state index in [0.717, 1.165) is 42.6 Å². The van der Waals surface area contributed by atoms with Gasteiger partial charge in [0.05, 0.1) is 32.4 Å². The third kappa shape index (κ3) is 7.11. The monoisotopic (exact) mass is 530 g/mol. The highest BCUT2D eigenvalue weighted by molar-refractivity contribution is 14.0. The van der Waals surface area contributed by atoms with Crippen molar-refractivity contribution in [2.24, 2.45) is 10.7 Å². The maximum atomic E-state index is 6.18. The molecule has 1 aliphatic rings. The largest absolute Gasteiger partial charge is 0.380 e. The fourth-order valence-corrected chi connectivity index (χ4v) is 3.42. The minimum absolute atomic E-state index is 0. The zero-order valence-electron chi connectivity index (χ0n) is 16.5. The molecule has 1 unspecified atom stereocenters. The predicted octanol–water partition coefficient (Wildman–Crippen LogP) is 3.90. The van der Waals surface area contributed by atoms with Crippen molar-refractivity contribution in [1.82, 2.24) is 4.90 Å². The highest BCUT2D eigenvalue weighted by Crippen LogP contribution is 2.24. The Balaban J connectivity index is 0.00000300. The minimum Gasteiger partial charge on any atom is -0.380 e. The number of nitrogens with one attached hydrogen (secondary N) is 1. The Bertz CT molecular complexity index is 783. The molecule has 0 bridgehead atoms. The predicted molar refractivity (Wildman–Crippen MR) is 129 cm³/mol. The fourth-order valence-electron chi connectivity index (χ4n) is 3.29. The van der Waals surface area contributed by atoms with E-state index in [9.17, 15) is 0 Å². The topological polar surface area (TPSA) is 72.1 Å². The summed E-state index contributed by atoms with van der Waals surface area (Å²) in [4.78, 5) is 7.00. The van der Waals surface area contributed by atoms with E-state index in [4.69, 9.17) is 26.8 Å². The lowest BCUT2D eigenvalue weighted by atomic mass is 10.0. The second-order valence-corrected chi connectivity index (χ2v) is 7.09. The molecule has 0 aromatic heterocycles. The summed E-state index contributed by atoms with van der Waals surface area (Å²) in [5.74, 6) is 0.385. The number of rotatable bonds is 7. The second-order valence-electron chi connectivity index (χ2n) is 6.66. The van der Waals surface area contributed by atoms with Gasteiger partial charge in [0.2, 0.25) is 0 Å². The van der Waals surface area contributed by atoms with Crippen LogP contribution >= 0.6 is 35.6 Å². The maximum Gasteiger partial charge on any atom is 0.193 e. The van der Waals surface area contributed by atoms with Crippen LogP contribution in [0.1, 0.15) is 17.2 Å². The van der Waals surface area contributed by atoms with Crippen LogP contribution in [0.2, 0.25) is 5.02 Å². The Morgan fingerprint density at radius 3 is 2.59 bits per heavy atom. The lowest BCUT2D eigenvalue weighted by Crippen LogP contribution is -2.40. The molecule has 0 spiro atoms. The number of hydrogen-bond donors (Lipinski definition) is 2. The molecule has 1 fully saturated rings. The summed E-state index contributed by atoms with van der Waals surface area (Å²) in [7, 11) is 1.67. The first-order valence-corrected chi connectivity index (χ1v) is 9.76. The van der Waals surface area contributed by atoms with Crippen molar-refractivity contribution in [2.45, 2.75) is 12.6 Å². The Labute approximate surface area is 194 Å². The molecule has 2 aromatic rings. The Hall–Kier alpha value is -1.39. The lowest BCUT2D eigenvalue weighted by Gasteiger charge is -2.34. The van der Waals surface area contributed by atoms with Crippen LogP contribution in [-0.4, -0.2) is 50.8 Å². The van der Waals surface area contributed by atoms with Crippen molar-refractivity contribution in [3.05, 3.63) is 64.7 Å². The van der Waals surface area contributed by atoms with Crippen LogP contribution in [0.25, 0.3) is 0 Å². The SMILES string of the molecule is COCc1ccccc1NC(N)=NCC(c1ccc(Cl)cc1)N1CCOCC1.I. The lowest BCUT2D eigenvalue weighted by molar-refractivity contribution is 0.0180. The average molecular weight is 531 g/mol. The molecule has 1 saturated heterocycles. The van der Waals surface area contributed by atoms with Gasteiger partial charge in [0, 0.05) is 36.5 Å². The molecule has 0 radical (unpaired) electrons. The van der Waals surface area contributed by atoms with E-state index in [2.05, 4.69) is 27.3 Å². The molecule has 0 aliphatic carbocycles. The fraction of sp³-hybridized carbons (Fsp3) is 0.381. The van der Waals surface area contributed by atoms with Gasteiger partial charge in [-0.05, 0) is 23.8 Å². The molecule has 6 nitrogen and oxygen atoms in total. The third-order valence-electron chi connectivity index (χ3n) is 4.76. The normalized spacial score (nSPS) is 16.1. The molecule has 1 heterocycles. The number of methoxy groups -OCH3 is 1. The van der Waals surface area contributed by atoms with Gasteiger partial charge in [0.25, 0.3) is 0 Å². The molecule has 0 amide bonds. The summed E-state index contributed by atoms with van der Waals surface area (Å²) in [5, 5.41) is 3.92. The molecule has 3 rings (SSSR count). The van der Waals surface area contributed by atoms with Gasteiger partial charge in [-0.3, -0.25) is 9.89 Å². The number of hydrogen-bond acceptors (Lipinski definition) is 4. The van der Waals surface area contributed by atoms with Gasteiger partial charge < -0.3 is 20.5 Å². The van der Waals surface area contributed by atoms with Crippen molar-refractivity contribution < 1.29 is 9.47 Å². The van der Waals surface area contributed by atoms with Gasteiger partial charge >= 0.3 is 0 Å². The van der Waals surface area contributed by atoms with Crippen LogP contribution in [-0.2, 0) is 16.1 Å². The van der Waals surface area contributed by atoms with Crippen molar-refractivity contribution in [2.75, 3.05) is 45.3 Å². The van der Waals surface area contributed by atoms with E-state index < -0.39 is 0 Å². The number of nitrogens with zero attached hydrogens (tertiary/aromatic N) is 2. The Morgan fingerprint density at radius 2 is 1.90 bits per heavy atom. The summed E-state index contributed by atoms with van der Waals surface area (Å²) in [5.41, 5.74) is 9.29. The van der Waals surface area contributed by atoms with Crippen molar-refractivity contribution >= 4 is 47.2 Å². The van der Waals surface area contributed by atoms with Crippen molar-refractivity contribution in [3.8, 4) is 0 Å². The molecule has 3 N–H and O–H groups in total. The number of halogens is 2. The molecular formula is C21H28ClIN4O2. The summed E-state index contributed by atoms with van der Waals surface area (Å²) in [6.45, 7) is 4.25. The van der Waals surface area contributed by atoms with Crippen LogP contribution in [0.4, 0.5) is 5.69 Å². The van der Waals surface area contributed by atoms with Crippen LogP contribution in [0.3, 0.4) is 0 Å². The standard InChI is InChI=1S/C21H27ClN4O2.HI/c1-27-15-17-4-2-3-5-19(17)25-21(23)24-14-20(26-10-12-28-13-11-26)16-6-8-18(22)9-7-16;/h2-9,20H,10-15H2,1H3,(H3,23,24,25);1H. The van der Waals surface area contributed by atoms with Gasteiger partial charge in [-0.2, -0.15) is 0 Å². The summed E-state index contributed by atoms with van der Waals surface area (Å²) >= 11 is 6.06. The van der Waals surface area contributed by atoms with E-state index in [-0.39, 0.29) is 30.0 Å². The van der Waals surface area contributed by atoms with Gasteiger partial charge in [0.1, 0.15) is 0 Å². The third-order valence-corrected chi connectivity index (χ3v) is 5.01. The summed E-state index contributed by atoms with van der Waals surface area (Å²) < 4.78 is 10.7. The first kappa shape index (κ1) is 23.9. The van der Waals surface area contributed by atoms with E-state index in [1.807, 2.05) is 36.4 Å². The number of morpholine rings is 1. The van der Waals surface area contributed by atoms with Crippen molar-refractivity contribution in [3.63, 3.8) is 0 Å². The highest BCUT2D eigenvalue weighted by atomic mass is 127. The number of benzene rings is 2. The molecule has 2 aromatic carbocycles. The van der Waals surface area contributed by atoms with Crippen LogP contribution in [0.5, 0.6) is 0 Å². The minimum atomic E-state index is 0. The van der Waals surface area contributed by atoms with Crippen LogP contribution in [0, 0.1) is 0 Å². The first-order valence-electron chi connectivity index (χ1n) is 9.38. The van der Waals surface area contributed by atoms with Gasteiger partial charge in [-0.25, -0.2) is 0 Å². The molecule has 8 heteroatoms. The molecule has 158 valence electrons. The first-order chi connectivity index (χ1) is 13.7. The van der Waals surface area contributed by atoms with Gasteiger partial charge in [-0.15, -0.1) is 24.0 Å². The summed E-state index contributed by atoms with van der Waals surface area (Å²) in [6.07, 6.45) is 0. The number of ether oxygens (including phenoxy) is 2. The number of guanidine groups is 1. The van der Waals surface area contributed by atoms with Crippen molar-refractivity contribution in [1.29, 1.82) is 0 Å². The smallest absolute Gasteiger partial charge is 0.193 e. The van der Waals surface area contributed by atoms with E-state index in [1.54, 1.807) is 7.11 Å². The highest BCUT2D eigenvalue weighted by Gasteiger charge is 2.22. The Morgan fingerprint density at radius 1 is 1.21 bits per heavy atom. The zero-order chi connectivity index (χ0) is 19.8. The second kappa shape index (κ2) is 12.3. The molecular weight excluding hydrogens is 503 g/mol. The number of nitrogens with two attached hydrogens (primary N) is 1. The molecule has 0 saturated carbocycles. The molecule has 1 aliphatic heterocycles. The van der Waals surface area contributed by atoms with Crippen LogP contribution in [0.15, 0.2) is 53.5 Å². The van der Waals surface area contributed by atoms with E-state index in [0.29, 0.717) is 19.1 Å². The Kier molecular flexibility index (Phi) is 10.2. The number of para-hydroxylation sites is 1. The number of anilines is 1. The zero-order valence-corrected chi connectivity index (χ0v) is 19.6. The maximum absolute atomic E-state index is 6.18. The molecule has 1 atom stereocenters. The molecule has 29 heavy (non-hydrogen) atoms. The summed E-state index contributed by atoms with van der Waals surface area (Å²) in [6, 6.07) is 16.0.